The first kappa shape index (κ1) is 15.8. The van der Waals surface area contributed by atoms with E-state index in [4.69, 9.17) is 9.47 Å². The first-order valence-electron chi connectivity index (χ1n) is 7.42. The second-order valence-corrected chi connectivity index (χ2v) is 6.63. The Morgan fingerprint density at radius 2 is 1.76 bits per heavy atom. The fraction of sp³-hybridized carbons (Fsp3) is 0.588. The zero-order chi connectivity index (χ0) is 15.5. The van der Waals surface area contributed by atoms with Crippen molar-refractivity contribution in [3.05, 3.63) is 29.8 Å². The van der Waals surface area contributed by atoms with Gasteiger partial charge in [-0.25, -0.2) is 0 Å². The van der Waals surface area contributed by atoms with E-state index in [1.807, 2.05) is 45.0 Å². The molecule has 0 spiro atoms. The molecule has 1 aliphatic heterocycles. The Hall–Kier alpha value is -1.55. The van der Waals surface area contributed by atoms with Crippen LogP contribution in [-0.4, -0.2) is 31.8 Å². The number of carbonyl (C=O) groups excluding carboxylic acids is 1. The van der Waals surface area contributed by atoms with Crippen molar-refractivity contribution < 1.29 is 14.3 Å². The zero-order valence-electron chi connectivity index (χ0n) is 13.4. The number of amides is 1. The van der Waals surface area contributed by atoms with Gasteiger partial charge in [-0.3, -0.25) is 4.79 Å². The molecule has 1 saturated heterocycles. The Kier molecular flexibility index (Phi) is 4.57. The number of ether oxygens (including phenoxy) is 2. The lowest BCUT2D eigenvalue weighted by molar-refractivity contribution is -0.132. The highest BCUT2D eigenvalue weighted by Gasteiger charge is 2.42. The highest BCUT2D eigenvalue weighted by atomic mass is 16.5. The number of hydrogen-bond acceptors (Lipinski definition) is 3. The first-order chi connectivity index (χ1) is 9.87. The van der Waals surface area contributed by atoms with E-state index in [0.717, 1.165) is 11.3 Å². The molecule has 1 N–H and O–H groups in total. The van der Waals surface area contributed by atoms with Gasteiger partial charge in [-0.2, -0.15) is 0 Å². The molecule has 0 radical (unpaired) electrons. The second-order valence-electron chi connectivity index (χ2n) is 6.63. The van der Waals surface area contributed by atoms with E-state index in [1.165, 1.54) is 0 Å². The van der Waals surface area contributed by atoms with Crippen LogP contribution in [0.5, 0.6) is 5.75 Å². The molecule has 1 aliphatic rings. The predicted molar refractivity (Wildman–Crippen MR) is 82.6 cm³/mol. The monoisotopic (exact) mass is 291 g/mol. The van der Waals surface area contributed by atoms with Crippen molar-refractivity contribution in [1.82, 2.24) is 5.32 Å². The Balaban J connectivity index is 2.33. The summed E-state index contributed by atoms with van der Waals surface area (Å²) in [7, 11) is 1.64. The van der Waals surface area contributed by atoms with Gasteiger partial charge in [-0.05, 0) is 51.3 Å². The van der Waals surface area contributed by atoms with Gasteiger partial charge in [0.2, 0.25) is 5.91 Å². The summed E-state index contributed by atoms with van der Waals surface area (Å²) in [4.78, 5) is 12.9. The number of rotatable bonds is 3. The largest absolute Gasteiger partial charge is 0.497 e. The number of benzene rings is 1. The third kappa shape index (κ3) is 3.56. The Bertz CT molecular complexity index is 482. The summed E-state index contributed by atoms with van der Waals surface area (Å²) in [5, 5.41) is 3.13. The molecule has 4 nitrogen and oxygen atoms in total. The van der Waals surface area contributed by atoms with Crippen molar-refractivity contribution in [2.45, 2.75) is 44.6 Å². The van der Waals surface area contributed by atoms with Gasteiger partial charge < -0.3 is 14.8 Å². The third-order valence-electron chi connectivity index (χ3n) is 3.91. The van der Waals surface area contributed by atoms with Crippen LogP contribution in [0.3, 0.4) is 0 Å². The molecule has 4 heteroatoms. The molecular formula is C17H25NO3. The Morgan fingerprint density at radius 3 is 2.24 bits per heavy atom. The fourth-order valence-electron chi connectivity index (χ4n) is 2.74. The smallest absolute Gasteiger partial charge is 0.231 e. The molecule has 0 aromatic heterocycles. The van der Waals surface area contributed by atoms with Crippen LogP contribution in [0.1, 0.15) is 39.2 Å². The summed E-state index contributed by atoms with van der Waals surface area (Å²) >= 11 is 0. The summed E-state index contributed by atoms with van der Waals surface area (Å²) in [6.45, 7) is 7.25. The van der Waals surface area contributed by atoms with Gasteiger partial charge in [-0.15, -0.1) is 0 Å². The van der Waals surface area contributed by atoms with Crippen LogP contribution in [-0.2, 0) is 14.9 Å². The molecular weight excluding hydrogens is 266 g/mol. The van der Waals surface area contributed by atoms with E-state index in [-0.39, 0.29) is 11.4 Å². The van der Waals surface area contributed by atoms with E-state index in [9.17, 15) is 4.79 Å². The molecule has 1 aromatic carbocycles. The topological polar surface area (TPSA) is 47.6 Å². The minimum absolute atomic E-state index is 0.0865. The van der Waals surface area contributed by atoms with Crippen molar-refractivity contribution in [2.75, 3.05) is 20.3 Å². The van der Waals surface area contributed by atoms with E-state index in [0.29, 0.717) is 26.1 Å². The molecule has 1 heterocycles. The average molecular weight is 291 g/mol. The van der Waals surface area contributed by atoms with E-state index in [1.54, 1.807) is 7.11 Å². The lowest BCUT2D eigenvalue weighted by Gasteiger charge is -2.38. The molecule has 1 aromatic rings. The SMILES string of the molecule is COc1ccc(C2(C(=O)NC(C)(C)C)CCOCC2)cc1. The van der Waals surface area contributed by atoms with Gasteiger partial charge in [0.15, 0.2) is 0 Å². The molecule has 0 unspecified atom stereocenters. The standard InChI is InChI=1S/C17H25NO3/c1-16(2,3)18-15(19)17(9-11-21-12-10-17)13-5-7-14(20-4)8-6-13/h5-8H,9-12H2,1-4H3,(H,18,19). The summed E-state index contributed by atoms with van der Waals surface area (Å²) in [6, 6.07) is 7.81. The van der Waals surface area contributed by atoms with Crippen LogP contribution in [0.25, 0.3) is 0 Å². The molecule has 0 bridgehead atoms. The summed E-state index contributed by atoms with van der Waals surface area (Å²) in [5.74, 6) is 0.889. The molecule has 0 saturated carbocycles. The lowest BCUT2D eigenvalue weighted by atomic mass is 9.73. The van der Waals surface area contributed by atoms with Crippen LogP contribution in [0.2, 0.25) is 0 Å². The Morgan fingerprint density at radius 1 is 1.19 bits per heavy atom. The summed E-state index contributed by atoms with van der Waals surface area (Å²) in [5.41, 5.74) is 0.292. The molecule has 2 rings (SSSR count). The number of methoxy groups -OCH3 is 1. The molecule has 1 amide bonds. The van der Waals surface area contributed by atoms with Crippen LogP contribution in [0.4, 0.5) is 0 Å². The first-order valence-corrected chi connectivity index (χ1v) is 7.42. The molecule has 116 valence electrons. The molecule has 1 fully saturated rings. The molecule has 21 heavy (non-hydrogen) atoms. The highest BCUT2D eigenvalue weighted by molar-refractivity contribution is 5.89. The predicted octanol–water partition coefficient (Wildman–Crippen LogP) is 2.66. The van der Waals surface area contributed by atoms with Crippen LogP contribution < -0.4 is 10.1 Å². The van der Waals surface area contributed by atoms with Gasteiger partial charge in [0.05, 0.1) is 12.5 Å². The minimum Gasteiger partial charge on any atom is -0.497 e. The third-order valence-corrected chi connectivity index (χ3v) is 3.91. The quantitative estimate of drug-likeness (QED) is 0.931. The maximum Gasteiger partial charge on any atom is 0.231 e. The highest BCUT2D eigenvalue weighted by Crippen LogP contribution is 2.36. The fourth-order valence-corrected chi connectivity index (χ4v) is 2.74. The van der Waals surface area contributed by atoms with Gasteiger partial charge in [-0.1, -0.05) is 12.1 Å². The molecule has 0 atom stereocenters. The number of carbonyl (C=O) groups is 1. The van der Waals surface area contributed by atoms with Crippen molar-refractivity contribution in [3.8, 4) is 5.75 Å². The average Bonchev–Trinajstić information content (AvgIpc) is 2.46. The Labute approximate surface area is 126 Å². The van der Waals surface area contributed by atoms with Gasteiger partial charge in [0.25, 0.3) is 0 Å². The molecule has 0 aliphatic carbocycles. The minimum atomic E-state index is -0.502. The summed E-state index contributed by atoms with van der Waals surface area (Å²) < 4.78 is 10.7. The number of hydrogen-bond donors (Lipinski definition) is 1. The summed E-state index contributed by atoms with van der Waals surface area (Å²) in [6.07, 6.45) is 1.42. The van der Waals surface area contributed by atoms with Crippen molar-refractivity contribution >= 4 is 5.91 Å². The van der Waals surface area contributed by atoms with E-state index in [2.05, 4.69) is 5.32 Å². The lowest BCUT2D eigenvalue weighted by Crippen LogP contribution is -2.53. The van der Waals surface area contributed by atoms with E-state index >= 15 is 0 Å². The normalized spacial score (nSPS) is 18.1. The van der Waals surface area contributed by atoms with Crippen molar-refractivity contribution in [1.29, 1.82) is 0 Å². The maximum atomic E-state index is 12.9. The number of nitrogens with one attached hydrogen (secondary N) is 1. The zero-order valence-corrected chi connectivity index (χ0v) is 13.4. The van der Waals surface area contributed by atoms with E-state index < -0.39 is 5.41 Å². The van der Waals surface area contributed by atoms with Crippen LogP contribution >= 0.6 is 0 Å². The van der Waals surface area contributed by atoms with Crippen molar-refractivity contribution in [2.24, 2.45) is 0 Å². The second kappa shape index (κ2) is 6.06. The van der Waals surface area contributed by atoms with Crippen LogP contribution in [0, 0.1) is 0 Å². The van der Waals surface area contributed by atoms with Gasteiger partial charge in [0.1, 0.15) is 5.75 Å². The van der Waals surface area contributed by atoms with Gasteiger partial charge >= 0.3 is 0 Å². The van der Waals surface area contributed by atoms with Crippen LogP contribution in [0.15, 0.2) is 24.3 Å². The maximum absolute atomic E-state index is 12.9. The van der Waals surface area contributed by atoms with Crippen molar-refractivity contribution in [3.63, 3.8) is 0 Å². The van der Waals surface area contributed by atoms with Gasteiger partial charge in [0, 0.05) is 18.8 Å².